The zero-order valence-electron chi connectivity index (χ0n) is 23.6. The number of carbonyl (C=O) groups is 2. The van der Waals surface area contributed by atoms with Crippen molar-refractivity contribution in [3.8, 4) is 0 Å². The summed E-state index contributed by atoms with van der Waals surface area (Å²) in [6.07, 6.45) is 23.9. The lowest BCUT2D eigenvalue weighted by molar-refractivity contribution is -0.162. The van der Waals surface area contributed by atoms with Crippen molar-refractivity contribution in [2.24, 2.45) is 10.8 Å². The van der Waals surface area contributed by atoms with Crippen LogP contribution in [0.15, 0.2) is 24.3 Å². The Balaban J connectivity index is 2.50. The van der Waals surface area contributed by atoms with Crippen molar-refractivity contribution in [2.75, 3.05) is 13.2 Å². The first kappa shape index (κ1) is 30.6. The number of carbonyl (C=O) groups excluding carboxylic acids is 2. The van der Waals surface area contributed by atoms with Gasteiger partial charge >= 0.3 is 11.9 Å². The van der Waals surface area contributed by atoms with Crippen molar-refractivity contribution in [2.45, 2.75) is 142 Å². The Morgan fingerprint density at radius 1 is 0.500 bits per heavy atom. The third kappa shape index (κ3) is 9.71. The maximum Gasteiger partial charge on any atom is 0.333 e. The van der Waals surface area contributed by atoms with Crippen molar-refractivity contribution in [3.63, 3.8) is 0 Å². The van der Waals surface area contributed by atoms with Gasteiger partial charge < -0.3 is 9.47 Å². The van der Waals surface area contributed by atoms with E-state index in [1.165, 1.54) is 77.0 Å². The van der Waals surface area contributed by atoms with Crippen molar-refractivity contribution >= 4 is 11.9 Å². The van der Waals surface area contributed by atoms with Gasteiger partial charge in [-0.15, -0.1) is 0 Å². The van der Waals surface area contributed by atoms with Crippen LogP contribution in [-0.2, 0) is 19.1 Å². The quantitative estimate of drug-likeness (QED) is 0.257. The summed E-state index contributed by atoms with van der Waals surface area (Å²) in [4.78, 5) is 25.3. The molecule has 0 spiro atoms. The first-order valence-corrected chi connectivity index (χ1v) is 15.0. The molecule has 2 aliphatic carbocycles. The van der Waals surface area contributed by atoms with Crippen molar-refractivity contribution in [1.82, 2.24) is 0 Å². The second kappa shape index (κ2) is 16.3. The molecule has 0 aromatic carbocycles. The fraction of sp³-hybridized carbons (Fsp3) is 0.812. The van der Waals surface area contributed by atoms with E-state index in [0.29, 0.717) is 24.4 Å². The number of esters is 2. The Bertz CT molecular complexity index is 623. The molecular formula is C32H54O4. The molecule has 2 rings (SSSR count). The topological polar surface area (TPSA) is 52.6 Å². The number of hydrogen-bond donors (Lipinski definition) is 0. The molecule has 2 aliphatic rings. The fourth-order valence-corrected chi connectivity index (χ4v) is 6.53. The smallest absolute Gasteiger partial charge is 0.333 e. The average molecular weight is 503 g/mol. The second-order valence-electron chi connectivity index (χ2n) is 11.9. The van der Waals surface area contributed by atoms with Crippen molar-refractivity contribution in [3.05, 3.63) is 24.3 Å². The van der Waals surface area contributed by atoms with E-state index in [1.807, 2.05) is 0 Å². The predicted octanol–water partition coefficient (Wildman–Crippen LogP) is 9.03. The molecule has 0 radical (unpaired) electrons. The summed E-state index contributed by atoms with van der Waals surface area (Å²) in [5.74, 6) is -0.594. The molecule has 2 fully saturated rings. The van der Waals surface area contributed by atoms with E-state index < -0.39 is 0 Å². The Hall–Kier alpha value is -1.58. The first-order valence-electron chi connectivity index (χ1n) is 15.0. The molecule has 0 saturated heterocycles. The number of hydrogen-bond acceptors (Lipinski definition) is 4. The molecule has 4 nitrogen and oxygen atoms in total. The van der Waals surface area contributed by atoms with Crippen LogP contribution >= 0.6 is 0 Å². The highest BCUT2D eigenvalue weighted by Gasteiger charge is 2.51. The van der Waals surface area contributed by atoms with E-state index >= 15 is 0 Å². The van der Waals surface area contributed by atoms with Crippen LogP contribution in [0.3, 0.4) is 0 Å². The lowest BCUT2D eigenvalue weighted by Gasteiger charge is -2.51. The molecule has 0 unspecified atom stereocenters. The summed E-state index contributed by atoms with van der Waals surface area (Å²) < 4.78 is 12.1. The Morgan fingerprint density at radius 3 is 0.944 bits per heavy atom. The molecular weight excluding hydrogens is 448 g/mol. The van der Waals surface area contributed by atoms with Crippen LogP contribution < -0.4 is 0 Å². The van der Waals surface area contributed by atoms with Crippen LogP contribution in [0.5, 0.6) is 0 Å². The SMILES string of the molecule is C=C(C)C(=O)OCC1(C2(COC(=O)C(=C)C)CCCCCCCCCC2)CCCCCCCCCC1. The van der Waals surface area contributed by atoms with Gasteiger partial charge in [0.2, 0.25) is 0 Å². The number of ether oxygens (including phenoxy) is 2. The van der Waals surface area contributed by atoms with Crippen molar-refractivity contribution in [1.29, 1.82) is 0 Å². The number of rotatable bonds is 7. The van der Waals surface area contributed by atoms with Crippen LogP contribution in [0.2, 0.25) is 0 Å². The Morgan fingerprint density at radius 2 is 0.722 bits per heavy atom. The van der Waals surface area contributed by atoms with E-state index in [1.54, 1.807) is 13.8 Å². The molecule has 36 heavy (non-hydrogen) atoms. The predicted molar refractivity (Wildman–Crippen MR) is 149 cm³/mol. The van der Waals surface area contributed by atoms with E-state index in [0.717, 1.165) is 51.4 Å². The Kier molecular flexibility index (Phi) is 13.9. The van der Waals surface area contributed by atoms with Crippen LogP contribution in [0.25, 0.3) is 0 Å². The van der Waals surface area contributed by atoms with Gasteiger partial charge in [0, 0.05) is 22.0 Å². The largest absolute Gasteiger partial charge is 0.462 e. The van der Waals surface area contributed by atoms with Gasteiger partial charge in [-0.25, -0.2) is 9.59 Å². The molecule has 0 atom stereocenters. The van der Waals surface area contributed by atoms with Gasteiger partial charge in [0.05, 0.1) is 13.2 Å². The van der Waals surface area contributed by atoms with E-state index in [9.17, 15) is 9.59 Å². The van der Waals surface area contributed by atoms with Gasteiger partial charge in [0.1, 0.15) is 0 Å². The second-order valence-corrected chi connectivity index (χ2v) is 11.9. The zero-order chi connectivity index (χ0) is 26.3. The molecule has 0 amide bonds. The van der Waals surface area contributed by atoms with Crippen molar-refractivity contribution < 1.29 is 19.1 Å². The van der Waals surface area contributed by atoms with Gasteiger partial charge in [-0.05, 0) is 39.5 Å². The summed E-state index contributed by atoms with van der Waals surface area (Å²) in [5, 5.41) is 0. The van der Waals surface area contributed by atoms with E-state index in [-0.39, 0.29) is 22.8 Å². The molecule has 0 heterocycles. The van der Waals surface area contributed by atoms with Crippen LogP contribution in [0.4, 0.5) is 0 Å². The molecule has 2 saturated carbocycles. The highest BCUT2D eigenvalue weighted by atomic mass is 16.5. The van der Waals surface area contributed by atoms with Gasteiger partial charge in [-0.1, -0.05) is 116 Å². The summed E-state index contributed by atoms with van der Waals surface area (Å²) >= 11 is 0. The highest BCUT2D eigenvalue weighted by molar-refractivity contribution is 5.87. The molecule has 0 N–H and O–H groups in total. The first-order chi connectivity index (χ1) is 17.3. The summed E-state index contributed by atoms with van der Waals surface area (Å²) in [5.41, 5.74) is 0.525. The van der Waals surface area contributed by atoms with Gasteiger partial charge in [0.25, 0.3) is 0 Å². The highest BCUT2D eigenvalue weighted by Crippen LogP contribution is 2.54. The van der Waals surface area contributed by atoms with Crippen LogP contribution in [0, 0.1) is 10.8 Å². The molecule has 0 bridgehead atoms. The zero-order valence-corrected chi connectivity index (χ0v) is 23.6. The minimum absolute atomic E-state index is 0.189. The van der Waals surface area contributed by atoms with Gasteiger partial charge in [-0.2, -0.15) is 0 Å². The third-order valence-corrected chi connectivity index (χ3v) is 8.90. The minimum atomic E-state index is -0.297. The van der Waals surface area contributed by atoms with Gasteiger partial charge in [-0.3, -0.25) is 0 Å². The minimum Gasteiger partial charge on any atom is -0.462 e. The van der Waals surface area contributed by atoms with E-state index in [2.05, 4.69) is 13.2 Å². The summed E-state index contributed by atoms with van der Waals surface area (Å²) in [6.45, 7) is 11.9. The Labute approximate surface area is 221 Å². The normalized spacial score (nSPS) is 22.2. The van der Waals surface area contributed by atoms with Gasteiger partial charge in [0.15, 0.2) is 0 Å². The molecule has 0 aromatic rings. The average Bonchev–Trinajstić information content (AvgIpc) is 2.95. The molecule has 0 aromatic heterocycles. The molecule has 4 heteroatoms. The lowest BCUT2D eigenvalue weighted by Crippen LogP contribution is -2.49. The standard InChI is InChI=1S/C32H54O4/c1-27(2)29(33)35-25-31(21-17-13-9-5-6-10-14-18-22-31)32(26-36-30(34)28(3)4)23-19-15-11-7-8-12-16-20-24-32/h1,3,5-26H2,2,4H3. The van der Waals surface area contributed by atoms with Crippen LogP contribution in [-0.4, -0.2) is 25.2 Å². The maximum absolute atomic E-state index is 12.7. The van der Waals surface area contributed by atoms with Crippen LogP contribution in [0.1, 0.15) is 142 Å². The van der Waals surface area contributed by atoms with E-state index in [4.69, 9.17) is 9.47 Å². The third-order valence-electron chi connectivity index (χ3n) is 8.90. The lowest BCUT2D eigenvalue weighted by atomic mass is 9.55. The maximum atomic E-state index is 12.7. The summed E-state index contributed by atoms with van der Waals surface area (Å²) in [7, 11) is 0. The molecule has 206 valence electrons. The molecule has 0 aliphatic heterocycles. The fourth-order valence-electron chi connectivity index (χ4n) is 6.53. The monoisotopic (exact) mass is 502 g/mol. The summed E-state index contributed by atoms with van der Waals surface area (Å²) in [6, 6.07) is 0.